The largest absolute Gasteiger partial charge is 0.399 e. The monoisotopic (exact) mass is 318 g/mol. The van der Waals surface area contributed by atoms with Crippen molar-refractivity contribution in [1.82, 2.24) is 5.32 Å². The zero-order valence-electron chi connectivity index (χ0n) is 11.9. The van der Waals surface area contributed by atoms with Crippen molar-refractivity contribution in [3.8, 4) is 0 Å². The first-order chi connectivity index (χ1) is 8.95. The molecule has 0 bridgehead atoms. The van der Waals surface area contributed by atoms with Crippen molar-refractivity contribution in [3.63, 3.8) is 0 Å². The van der Waals surface area contributed by atoms with Crippen molar-refractivity contribution < 1.29 is 13.2 Å². The Bertz CT molecular complexity index is 621. The normalized spacial score (nSPS) is 13.8. The van der Waals surface area contributed by atoms with Crippen LogP contribution in [0.15, 0.2) is 23.1 Å². The molecule has 1 amide bonds. The molecule has 3 N–H and O–H groups in total. The summed E-state index contributed by atoms with van der Waals surface area (Å²) < 4.78 is 24.9. The van der Waals surface area contributed by atoms with Crippen LogP contribution < -0.4 is 11.1 Å². The topological polar surface area (TPSA) is 89.3 Å². The van der Waals surface area contributed by atoms with Gasteiger partial charge in [0.2, 0.25) is 5.91 Å². The van der Waals surface area contributed by atoms with E-state index in [0.29, 0.717) is 0 Å². The van der Waals surface area contributed by atoms with E-state index in [0.717, 1.165) is 0 Å². The number of amides is 1. The van der Waals surface area contributed by atoms with E-state index in [1.54, 1.807) is 20.8 Å². The third-order valence-corrected chi connectivity index (χ3v) is 5.13. The van der Waals surface area contributed by atoms with Gasteiger partial charge in [0.1, 0.15) is 5.25 Å². The lowest BCUT2D eigenvalue weighted by atomic mass is 10.1. The van der Waals surface area contributed by atoms with Gasteiger partial charge < -0.3 is 11.1 Å². The minimum atomic E-state index is -3.89. The second-order valence-corrected chi connectivity index (χ2v) is 8.26. The van der Waals surface area contributed by atoms with Crippen molar-refractivity contribution >= 4 is 33.0 Å². The first-order valence-corrected chi connectivity index (χ1v) is 7.98. The molecular weight excluding hydrogens is 300 g/mol. The van der Waals surface area contributed by atoms with E-state index in [9.17, 15) is 13.2 Å². The number of carbonyl (C=O) groups is 1. The van der Waals surface area contributed by atoms with Gasteiger partial charge in [-0.15, -0.1) is 0 Å². The van der Waals surface area contributed by atoms with E-state index < -0.39 is 26.5 Å². The number of benzene rings is 1. The Kier molecular flexibility index (Phi) is 4.71. The molecule has 20 heavy (non-hydrogen) atoms. The molecule has 0 fully saturated rings. The van der Waals surface area contributed by atoms with Crippen LogP contribution in [0.4, 0.5) is 5.69 Å². The van der Waals surface area contributed by atoms with Crippen molar-refractivity contribution in [2.24, 2.45) is 0 Å². The number of rotatable bonds is 3. The molecule has 0 aliphatic heterocycles. The van der Waals surface area contributed by atoms with Gasteiger partial charge in [0, 0.05) is 11.2 Å². The molecule has 1 rings (SSSR count). The fraction of sp³-hybridized carbons (Fsp3) is 0.462. The van der Waals surface area contributed by atoms with Gasteiger partial charge in [-0.25, -0.2) is 8.42 Å². The second kappa shape index (κ2) is 5.61. The summed E-state index contributed by atoms with van der Waals surface area (Å²) in [5.74, 6) is -0.573. The zero-order valence-corrected chi connectivity index (χ0v) is 13.5. The molecule has 5 nitrogen and oxygen atoms in total. The van der Waals surface area contributed by atoms with Gasteiger partial charge in [0.05, 0.1) is 9.92 Å². The number of halogens is 1. The molecule has 1 unspecified atom stereocenters. The highest BCUT2D eigenvalue weighted by molar-refractivity contribution is 7.93. The maximum absolute atomic E-state index is 12.4. The average molecular weight is 319 g/mol. The smallest absolute Gasteiger partial charge is 0.238 e. The summed E-state index contributed by atoms with van der Waals surface area (Å²) in [5.41, 5.74) is 5.34. The summed E-state index contributed by atoms with van der Waals surface area (Å²) in [5, 5.41) is 1.44. The highest BCUT2D eigenvalue weighted by Crippen LogP contribution is 2.27. The summed E-state index contributed by atoms with van der Waals surface area (Å²) >= 11 is 5.90. The Morgan fingerprint density at radius 3 is 2.40 bits per heavy atom. The zero-order chi connectivity index (χ0) is 15.7. The molecule has 1 atom stereocenters. The van der Waals surface area contributed by atoms with E-state index in [4.69, 9.17) is 17.3 Å². The van der Waals surface area contributed by atoms with Crippen molar-refractivity contribution in [1.29, 1.82) is 0 Å². The van der Waals surface area contributed by atoms with Gasteiger partial charge in [-0.3, -0.25) is 4.79 Å². The van der Waals surface area contributed by atoms with Crippen LogP contribution in [0.5, 0.6) is 0 Å². The van der Waals surface area contributed by atoms with Crippen LogP contribution in [-0.2, 0) is 14.6 Å². The van der Waals surface area contributed by atoms with Gasteiger partial charge in [-0.2, -0.15) is 0 Å². The summed E-state index contributed by atoms with van der Waals surface area (Å²) in [4.78, 5) is 11.9. The predicted octanol–water partition coefficient (Wildman–Crippen LogP) is 2.00. The Hall–Kier alpha value is -1.27. The van der Waals surface area contributed by atoms with Crippen LogP contribution in [0.3, 0.4) is 0 Å². The molecule has 1 aromatic carbocycles. The SMILES string of the molecule is CC(C(=O)NC(C)(C)C)S(=O)(=O)c1cc(N)ccc1Cl. The van der Waals surface area contributed by atoms with Crippen molar-refractivity contribution in [2.45, 2.75) is 43.4 Å². The molecule has 0 aliphatic rings. The molecular formula is C13H19ClN2O3S. The summed E-state index contributed by atoms with van der Waals surface area (Å²) in [7, 11) is -3.89. The molecule has 0 aliphatic carbocycles. The van der Waals surface area contributed by atoms with E-state index in [1.807, 2.05) is 0 Å². The summed E-state index contributed by atoms with van der Waals surface area (Å²) in [6.45, 7) is 6.66. The Morgan fingerprint density at radius 2 is 1.90 bits per heavy atom. The van der Waals surface area contributed by atoms with Crippen LogP contribution in [-0.4, -0.2) is 25.1 Å². The highest BCUT2D eigenvalue weighted by Gasteiger charge is 2.33. The van der Waals surface area contributed by atoms with Crippen LogP contribution >= 0.6 is 11.6 Å². The van der Waals surface area contributed by atoms with Crippen LogP contribution in [0.25, 0.3) is 0 Å². The first kappa shape index (κ1) is 16.8. The number of nitrogens with one attached hydrogen (secondary N) is 1. The Balaban J connectivity index is 3.16. The lowest BCUT2D eigenvalue weighted by Gasteiger charge is -2.23. The minimum absolute atomic E-state index is 0.0506. The van der Waals surface area contributed by atoms with Crippen LogP contribution in [0, 0.1) is 0 Å². The molecule has 0 saturated carbocycles. The van der Waals surface area contributed by atoms with Crippen LogP contribution in [0.2, 0.25) is 5.02 Å². The number of anilines is 1. The van der Waals surface area contributed by atoms with Gasteiger partial charge >= 0.3 is 0 Å². The lowest BCUT2D eigenvalue weighted by Crippen LogP contribution is -2.47. The third-order valence-electron chi connectivity index (χ3n) is 2.59. The second-order valence-electron chi connectivity index (χ2n) is 5.62. The number of hydrogen-bond acceptors (Lipinski definition) is 4. The molecule has 0 saturated heterocycles. The third kappa shape index (κ3) is 3.86. The summed E-state index contributed by atoms with van der Waals surface area (Å²) in [6, 6.07) is 4.16. The fourth-order valence-corrected chi connectivity index (χ4v) is 3.34. The molecule has 0 aromatic heterocycles. The highest BCUT2D eigenvalue weighted by atomic mass is 35.5. The lowest BCUT2D eigenvalue weighted by molar-refractivity contribution is -0.121. The number of hydrogen-bond donors (Lipinski definition) is 2. The van der Waals surface area contributed by atoms with E-state index in [-0.39, 0.29) is 15.6 Å². The average Bonchev–Trinajstić information content (AvgIpc) is 2.28. The number of sulfone groups is 1. The van der Waals surface area contributed by atoms with E-state index >= 15 is 0 Å². The minimum Gasteiger partial charge on any atom is -0.399 e. The molecule has 1 aromatic rings. The van der Waals surface area contributed by atoms with E-state index in [2.05, 4.69) is 5.32 Å². The molecule has 0 radical (unpaired) electrons. The maximum atomic E-state index is 12.4. The molecule has 0 heterocycles. The summed E-state index contributed by atoms with van der Waals surface area (Å²) in [6.07, 6.45) is 0. The first-order valence-electron chi connectivity index (χ1n) is 6.06. The number of carbonyl (C=O) groups excluding carboxylic acids is 1. The maximum Gasteiger partial charge on any atom is 0.238 e. The molecule has 0 spiro atoms. The van der Waals surface area contributed by atoms with Crippen molar-refractivity contribution in [3.05, 3.63) is 23.2 Å². The van der Waals surface area contributed by atoms with Gasteiger partial charge in [0.15, 0.2) is 9.84 Å². The van der Waals surface area contributed by atoms with Gasteiger partial charge in [-0.1, -0.05) is 11.6 Å². The standard InChI is InChI=1S/C13H19ClN2O3S/c1-8(12(17)16-13(2,3)4)20(18,19)11-7-9(15)5-6-10(11)14/h5-8H,15H2,1-4H3,(H,16,17). The Morgan fingerprint density at radius 1 is 1.35 bits per heavy atom. The fourth-order valence-electron chi connectivity index (χ4n) is 1.54. The Labute approximate surface area is 124 Å². The van der Waals surface area contributed by atoms with E-state index in [1.165, 1.54) is 25.1 Å². The van der Waals surface area contributed by atoms with Gasteiger partial charge in [0.25, 0.3) is 0 Å². The quantitative estimate of drug-likeness (QED) is 0.834. The van der Waals surface area contributed by atoms with Gasteiger partial charge in [-0.05, 0) is 45.9 Å². The molecule has 112 valence electrons. The number of nitrogens with two attached hydrogens (primary N) is 1. The van der Waals surface area contributed by atoms with Crippen molar-refractivity contribution in [2.75, 3.05) is 5.73 Å². The van der Waals surface area contributed by atoms with Crippen LogP contribution in [0.1, 0.15) is 27.7 Å². The molecule has 7 heteroatoms. The predicted molar refractivity (Wildman–Crippen MR) is 80.4 cm³/mol. The number of nitrogen functional groups attached to an aromatic ring is 1.